The third-order valence-electron chi connectivity index (χ3n) is 3.96. The summed E-state index contributed by atoms with van der Waals surface area (Å²) in [5, 5.41) is 3.40. The number of benzene rings is 2. The van der Waals surface area contributed by atoms with Crippen molar-refractivity contribution < 1.29 is 4.79 Å². The summed E-state index contributed by atoms with van der Waals surface area (Å²) in [6.07, 6.45) is 2.36. The van der Waals surface area contributed by atoms with Gasteiger partial charge in [0.15, 0.2) is 0 Å². The first-order valence-corrected chi connectivity index (χ1v) is 9.07. The summed E-state index contributed by atoms with van der Waals surface area (Å²) >= 11 is 5.94. The van der Waals surface area contributed by atoms with Crippen molar-refractivity contribution in [1.82, 2.24) is 4.90 Å². The highest BCUT2D eigenvalue weighted by molar-refractivity contribution is 6.31. The van der Waals surface area contributed by atoms with Gasteiger partial charge in [0.05, 0.1) is 11.4 Å². The lowest BCUT2D eigenvalue weighted by molar-refractivity contribution is -0.116. The van der Waals surface area contributed by atoms with Crippen molar-refractivity contribution in [2.45, 2.75) is 32.7 Å². The largest absolute Gasteiger partial charge is 0.397 e. The lowest BCUT2D eigenvalue weighted by Crippen LogP contribution is -2.26. The predicted octanol–water partition coefficient (Wildman–Crippen LogP) is 4.55. The summed E-state index contributed by atoms with van der Waals surface area (Å²) in [6.45, 7) is 5.00. The van der Waals surface area contributed by atoms with Crippen LogP contribution in [0.3, 0.4) is 0 Å². The number of nitrogens with zero attached hydrogens (tertiary/aromatic N) is 1. The third-order valence-corrected chi connectivity index (χ3v) is 4.19. The average molecular weight is 360 g/mol. The zero-order valence-corrected chi connectivity index (χ0v) is 15.4. The number of nitrogens with one attached hydrogen (secondary N) is 1. The van der Waals surface area contributed by atoms with Crippen molar-refractivity contribution in [2.24, 2.45) is 0 Å². The summed E-state index contributed by atoms with van der Waals surface area (Å²) in [6, 6.07) is 15.5. The number of rotatable bonds is 9. The van der Waals surface area contributed by atoms with E-state index in [2.05, 4.69) is 41.4 Å². The molecule has 2 rings (SSSR count). The van der Waals surface area contributed by atoms with E-state index in [0.29, 0.717) is 22.8 Å². The van der Waals surface area contributed by atoms with Gasteiger partial charge in [0.25, 0.3) is 0 Å². The van der Waals surface area contributed by atoms with Crippen LogP contribution in [0.2, 0.25) is 5.02 Å². The van der Waals surface area contributed by atoms with Gasteiger partial charge in [-0.15, -0.1) is 0 Å². The molecule has 0 fully saturated rings. The van der Waals surface area contributed by atoms with Crippen molar-refractivity contribution in [3.8, 4) is 0 Å². The second-order valence-corrected chi connectivity index (χ2v) is 6.58. The van der Waals surface area contributed by atoms with E-state index in [-0.39, 0.29) is 5.91 Å². The van der Waals surface area contributed by atoms with Gasteiger partial charge in [-0.2, -0.15) is 0 Å². The number of hydrogen-bond donors (Lipinski definition) is 2. The van der Waals surface area contributed by atoms with Gasteiger partial charge in [0.2, 0.25) is 5.91 Å². The van der Waals surface area contributed by atoms with Crippen LogP contribution in [0.1, 0.15) is 31.7 Å². The van der Waals surface area contributed by atoms with Crippen molar-refractivity contribution in [3.63, 3.8) is 0 Å². The molecule has 0 aliphatic carbocycles. The van der Waals surface area contributed by atoms with Crippen LogP contribution in [0.25, 0.3) is 0 Å². The normalized spacial score (nSPS) is 10.8. The number of carbonyl (C=O) groups is 1. The van der Waals surface area contributed by atoms with Gasteiger partial charge in [0.1, 0.15) is 0 Å². The summed E-state index contributed by atoms with van der Waals surface area (Å²) in [5.74, 6) is -0.0369. The monoisotopic (exact) mass is 359 g/mol. The van der Waals surface area contributed by atoms with Gasteiger partial charge >= 0.3 is 0 Å². The minimum absolute atomic E-state index is 0.0369. The Kier molecular flexibility index (Phi) is 7.76. The predicted molar refractivity (Wildman–Crippen MR) is 106 cm³/mol. The van der Waals surface area contributed by atoms with E-state index < -0.39 is 0 Å². The van der Waals surface area contributed by atoms with Crippen LogP contribution in [0, 0.1) is 0 Å². The molecule has 0 saturated heterocycles. The first-order valence-electron chi connectivity index (χ1n) is 8.69. The number of nitrogen functional groups attached to an aromatic ring is 1. The van der Waals surface area contributed by atoms with Crippen LogP contribution >= 0.6 is 11.6 Å². The van der Waals surface area contributed by atoms with E-state index in [9.17, 15) is 4.79 Å². The van der Waals surface area contributed by atoms with E-state index in [4.69, 9.17) is 17.3 Å². The Bertz CT molecular complexity index is 676. The van der Waals surface area contributed by atoms with Crippen molar-refractivity contribution in [3.05, 3.63) is 59.1 Å². The molecule has 5 heteroatoms. The highest BCUT2D eigenvalue weighted by Gasteiger charge is 2.09. The van der Waals surface area contributed by atoms with Gasteiger partial charge in [-0.05, 0) is 49.7 Å². The Morgan fingerprint density at radius 1 is 1.16 bits per heavy atom. The molecule has 0 radical (unpaired) electrons. The highest BCUT2D eigenvalue weighted by atomic mass is 35.5. The number of carbonyl (C=O) groups excluding carboxylic acids is 1. The molecule has 0 spiro atoms. The molecule has 25 heavy (non-hydrogen) atoms. The van der Waals surface area contributed by atoms with Gasteiger partial charge < -0.3 is 11.1 Å². The van der Waals surface area contributed by atoms with E-state index in [1.165, 1.54) is 5.56 Å². The highest BCUT2D eigenvalue weighted by Crippen LogP contribution is 2.23. The smallest absolute Gasteiger partial charge is 0.224 e. The molecule has 2 aromatic carbocycles. The number of anilines is 2. The van der Waals surface area contributed by atoms with Crippen LogP contribution in [0.4, 0.5) is 11.4 Å². The fourth-order valence-electron chi connectivity index (χ4n) is 2.74. The summed E-state index contributed by atoms with van der Waals surface area (Å²) < 4.78 is 0. The second-order valence-electron chi connectivity index (χ2n) is 6.15. The number of halogens is 1. The quantitative estimate of drug-likeness (QED) is 0.645. The van der Waals surface area contributed by atoms with Gasteiger partial charge in [-0.3, -0.25) is 9.69 Å². The maximum Gasteiger partial charge on any atom is 0.224 e. The number of nitrogens with two attached hydrogens (primary N) is 1. The first kappa shape index (κ1) is 19.3. The SMILES string of the molecule is CCCN(CCCC(=O)Nc1cc(Cl)ccc1N)Cc1ccccc1. The topological polar surface area (TPSA) is 58.4 Å². The zero-order chi connectivity index (χ0) is 18.1. The molecule has 0 aliphatic rings. The molecular weight excluding hydrogens is 334 g/mol. The van der Waals surface area contributed by atoms with Crippen LogP contribution in [0.15, 0.2) is 48.5 Å². The van der Waals surface area contributed by atoms with E-state index in [1.807, 2.05) is 6.07 Å². The minimum atomic E-state index is -0.0369. The minimum Gasteiger partial charge on any atom is -0.397 e. The average Bonchev–Trinajstić information content (AvgIpc) is 2.59. The molecule has 0 bridgehead atoms. The summed E-state index contributed by atoms with van der Waals surface area (Å²) in [7, 11) is 0. The molecule has 0 atom stereocenters. The van der Waals surface area contributed by atoms with Crippen LogP contribution in [-0.2, 0) is 11.3 Å². The van der Waals surface area contributed by atoms with Crippen LogP contribution in [0.5, 0.6) is 0 Å². The third kappa shape index (κ3) is 6.77. The molecule has 0 heterocycles. The maximum atomic E-state index is 12.1. The Labute approximate surface area is 155 Å². The Morgan fingerprint density at radius 3 is 2.64 bits per heavy atom. The fraction of sp³-hybridized carbons (Fsp3) is 0.350. The van der Waals surface area contributed by atoms with Crippen molar-refractivity contribution in [2.75, 3.05) is 24.1 Å². The molecule has 1 amide bonds. The molecule has 0 aromatic heterocycles. The second kappa shape index (κ2) is 10.1. The van der Waals surface area contributed by atoms with Crippen molar-refractivity contribution in [1.29, 1.82) is 0 Å². The van der Waals surface area contributed by atoms with Gasteiger partial charge in [0, 0.05) is 18.0 Å². The van der Waals surface area contributed by atoms with Gasteiger partial charge in [-0.25, -0.2) is 0 Å². The molecular formula is C20H26ClN3O. The van der Waals surface area contributed by atoms with E-state index in [1.54, 1.807) is 18.2 Å². The fourth-order valence-corrected chi connectivity index (χ4v) is 2.91. The Balaban J connectivity index is 1.80. The molecule has 0 unspecified atom stereocenters. The first-order chi connectivity index (χ1) is 12.1. The molecule has 3 N–H and O–H groups in total. The zero-order valence-electron chi connectivity index (χ0n) is 14.7. The van der Waals surface area contributed by atoms with Gasteiger partial charge in [-0.1, -0.05) is 48.9 Å². The van der Waals surface area contributed by atoms with Crippen LogP contribution < -0.4 is 11.1 Å². The molecule has 0 saturated carbocycles. The Hall–Kier alpha value is -2.04. The summed E-state index contributed by atoms with van der Waals surface area (Å²) in [5.41, 5.74) is 8.26. The summed E-state index contributed by atoms with van der Waals surface area (Å²) in [4.78, 5) is 14.5. The Morgan fingerprint density at radius 2 is 1.92 bits per heavy atom. The molecule has 0 aliphatic heterocycles. The lowest BCUT2D eigenvalue weighted by atomic mass is 10.2. The van der Waals surface area contributed by atoms with E-state index in [0.717, 1.165) is 32.5 Å². The number of hydrogen-bond acceptors (Lipinski definition) is 3. The van der Waals surface area contributed by atoms with Crippen molar-refractivity contribution >= 4 is 28.9 Å². The van der Waals surface area contributed by atoms with E-state index >= 15 is 0 Å². The number of amides is 1. The lowest BCUT2D eigenvalue weighted by Gasteiger charge is -2.21. The maximum absolute atomic E-state index is 12.1. The standard InChI is InChI=1S/C20H26ClN3O/c1-2-12-24(15-16-7-4-3-5-8-16)13-6-9-20(25)23-19-14-17(21)10-11-18(19)22/h3-5,7-8,10-11,14H,2,6,9,12-13,15,22H2,1H3,(H,23,25). The molecule has 4 nitrogen and oxygen atoms in total. The molecule has 2 aromatic rings. The molecule has 134 valence electrons. The van der Waals surface area contributed by atoms with Crippen LogP contribution in [-0.4, -0.2) is 23.9 Å².